The topological polar surface area (TPSA) is 61.9 Å². The summed E-state index contributed by atoms with van der Waals surface area (Å²) in [7, 11) is 0. The van der Waals surface area contributed by atoms with Crippen LogP contribution in [0.15, 0.2) is 29.4 Å². The molecule has 1 aliphatic carbocycles. The number of thioether (sulfide) groups is 1. The highest BCUT2D eigenvalue weighted by Gasteiger charge is 2.40. The van der Waals surface area contributed by atoms with Gasteiger partial charge in [-0.3, -0.25) is 9.89 Å². The fraction of sp³-hybridized carbons (Fsp3) is 0.471. The molecule has 0 radical (unpaired) electrons. The number of hydrogen-bond donors (Lipinski definition) is 1. The number of amides is 1. The zero-order valence-electron chi connectivity index (χ0n) is 14.5. The van der Waals surface area contributed by atoms with Crippen molar-refractivity contribution in [2.75, 3.05) is 12.3 Å². The van der Waals surface area contributed by atoms with Crippen molar-refractivity contribution in [2.24, 2.45) is 5.92 Å². The molecule has 1 aliphatic rings. The van der Waals surface area contributed by atoms with Gasteiger partial charge >= 0.3 is 6.18 Å². The number of rotatable bonds is 7. The van der Waals surface area contributed by atoms with Crippen LogP contribution < -0.4 is 0 Å². The van der Waals surface area contributed by atoms with E-state index in [1.165, 1.54) is 0 Å². The van der Waals surface area contributed by atoms with Gasteiger partial charge in [-0.15, -0.1) is 5.10 Å². The van der Waals surface area contributed by atoms with Gasteiger partial charge in [0.05, 0.1) is 5.75 Å². The number of aromatic nitrogens is 3. The largest absolute Gasteiger partial charge is 0.406 e. The molecule has 3 rings (SSSR count). The number of benzene rings is 1. The number of alkyl halides is 3. The molecule has 1 aromatic heterocycles. The molecule has 0 unspecified atom stereocenters. The second-order valence-electron chi connectivity index (χ2n) is 6.48. The Hall–Kier alpha value is -1.74. The van der Waals surface area contributed by atoms with Crippen molar-refractivity contribution in [1.82, 2.24) is 20.1 Å². The SMILES string of the molecule is C[C@@H](C1CC1)N(CC(F)(F)F)C(=O)CSc1n[nH]c(-c2ccc(Cl)cc2)n1. The maximum absolute atomic E-state index is 12.9. The monoisotopic (exact) mass is 418 g/mol. The van der Waals surface area contributed by atoms with E-state index < -0.39 is 24.7 Å². The number of hydrogen-bond acceptors (Lipinski definition) is 4. The maximum atomic E-state index is 12.9. The highest BCUT2D eigenvalue weighted by atomic mass is 35.5. The van der Waals surface area contributed by atoms with Crippen molar-refractivity contribution < 1.29 is 18.0 Å². The van der Waals surface area contributed by atoms with Gasteiger partial charge in [0, 0.05) is 16.6 Å². The summed E-state index contributed by atoms with van der Waals surface area (Å²) in [6.07, 6.45) is -2.70. The molecule has 1 aromatic carbocycles. The minimum atomic E-state index is -4.42. The van der Waals surface area contributed by atoms with Crippen molar-refractivity contribution in [1.29, 1.82) is 0 Å². The van der Waals surface area contributed by atoms with E-state index in [9.17, 15) is 18.0 Å². The third-order valence-corrected chi connectivity index (χ3v) is 5.46. The molecule has 2 aromatic rings. The predicted octanol–water partition coefficient (Wildman–Crippen LogP) is 4.41. The summed E-state index contributed by atoms with van der Waals surface area (Å²) in [5.74, 6) is -0.0543. The van der Waals surface area contributed by atoms with Crippen LogP contribution in [-0.2, 0) is 4.79 Å². The van der Waals surface area contributed by atoms with Crippen LogP contribution in [0.1, 0.15) is 19.8 Å². The van der Waals surface area contributed by atoms with Gasteiger partial charge in [-0.2, -0.15) is 13.2 Å². The molecule has 1 N–H and O–H groups in total. The van der Waals surface area contributed by atoms with Gasteiger partial charge in [0.2, 0.25) is 11.1 Å². The normalized spacial score (nSPS) is 15.6. The minimum absolute atomic E-state index is 0.148. The molecule has 1 saturated carbocycles. The first-order chi connectivity index (χ1) is 12.7. The Labute approximate surface area is 163 Å². The molecule has 27 heavy (non-hydrogen) atoms. The van der Waals surface area contributed by atoms with Gasteiger partial charge in [-0.05, 0) is 49.9 Å². The number of halogens is 4. The van der Waals surface area contributed by atoms with Crippen LogP contribution >= 0.6 is 23.4 Å². The number of H-pyrrole nitrogens is 1. The van der Waals surface area contributed by atoms with Crippen LogP contribution in [-0.4, -0.2) is 50.5 Å². The zero-order valence-corrected chi connectivity index (χ0v) is 16.0. The number of aromatic amines is 1. The van der Waals surface area contributed by atoms with Crippen LogP contribution in [0.3, 0.4) is 0 Å². The highest BCUT2D eigenvalue weighted by Crippen LogP contribution is 2.36. The second-order valence-corrected chi connectivity index (χ2v) is 7.86. The smallest absolute Gasteiger partial charge is 0.330 e. The van der Waals surface area contributed by atoms with Gasteiger partial charge < -0.3 is 4.90 Å². The van der Waals surface area contributed by atoms with Crippen molar-refractivity contribution in [3.05, 3.63) is 29.3 Å². The molecule has 1 fully saturated rings. The first-order valence-corrected chi connectivity index (χ1v) is 9.76. The Morgan fingerprint density at radius 1 is 1.37 bits per heavy atom. The molecular weight excluding hydrogens is 401 g/mol. The molecule has 0 aliphatic heterocycles. The predicted molar refractivity (Wildman–Crippen MR) is 97.5 cm³/mol. The highest BCUT2D eigenvalue weighted by molar-refractivity contribution is 7.99. The summed E-state index contributed by atoms with van der Waals surface area (Å²) in [6, 6.07) is 6.54. The van der Waals surface area contributed by atoms with E-state index >= 15 is 0 Å². The zero-order chi connectivity index (χ0) is 19.6. The lowest BCUT2D eigenvalue weighted by atomic mass is 10.2. The maximum Gasteiger partial charge on any atom is 0.406 e. The summed E-state index contributed by atoms with van der Waals surface area (Å²) in [4.78, 5) is 17.6. The molecule has 10 heteroatoms. The minimum Gasteiger partial charge on any atom is -0.330 e. The molecule has 0 spiro atoms. The Balaban J connectivity index is 1.62. The van der Waals surface area contributed by atoms with Crippen molar-refractivity contribution >= 4 is 29.3 Å². The quantitative estimate of drug-likeness (QED) is 0.677. The first-order valence-electron chi connectivity index (χ1n) is 8.40. The summed E-state index contributed by atoms with van der Waals surface area (Å²) in [5.41, 5.74) is 0.770. The van der Waals surface area contributed by atoms with E-state index in [1.807, 2.05) is 0 Å². The first kappa shape index (κ1) is 20.0. The molecule has 1 heterocycles. The van der Waals surface area contributed by atoms with E-state index in [-0.39, 0.29) is 11.7 Å². The van der Waals surface area contributed by atoms with E-state index in [1.54, 1.807) is 31.2 Å². The Bertz CT molecular complexity index is 792. The van der Waals surface area contributed by atoms with E-state index in [4.69, 9.17) is 11.6 Å². The Kier molecular flexibility index (Phi) is 6.00. The lowest BCUT2D eigenvalue weighted by Crippen LogP contribution is -2.46. The standard InChI is InChI=1S/C17H18ClF3N4OS/c1-10(11-2-3-11)25(9-17(19,20)21)14(26)8-27-16-22-15(23-24-16)12-4-6-13(18)7-5-12/h4-7,10-11H,2-3,8-9H2,1H3,(H,22,23,24)/t10-/m0/s1. The molecule has 1 atom stereocenters. The molecule has 5 nitrogen and oxygen atoms in total. The number of carbonyl (C=O) groups is 1. The van der Waals surface area contributed by atoms with Crippen molar-refractivity contribution in [3.8, 4) is 11.4 Å². The van der Waals surface area contributed by atoms with Crippen LogP contribution in [0.5, 0.6) is 0 Å². The number of nitrogens with one attached hydrogen (secondary N) is 1. The molecule has 0 saturated heterocycles. The van der Waals surface area contributed by atoms with Crippen LogP contribution in [0, 0.1) is 5.92 Å². The summed E-state index contributed by atoms with van der Waals surface area (Å²) >= 11 is 6.86. The van der Waals surface area contributed by atoms with Crippen LogP contribution in [0.25, 0.3) is 11.4 Å². The van der Waals surface area contributed by atoms with Gasteiger partial charge in [-0.1, -0.05) is 23.4 Å². The van der Waals surface area contributed by atoms with Gasteiger partial charge in [-0.25, -0.2) is 4.98 Å². The summed E-state index contributed by atoms with van der Waals surface area (Å²) in [5, 5.41) is 7.66. The van der Waals surface area contributed by atoms with Crippen LogP contribution in [0.2, 0.25) is 5.02 Å². The molecule has 146 valence electrons. The van der Waals surface area contributed by atoms with Gasteiger partial charge in [0.15, 0.2) is 5.82 Å². The Morgan fingerprint density at radius 3 is 2.63 bits per heavy atom. The van der Waals surface area contributed by atoms with E-state index in [2.05, 4.69) is 15.2 Å². The fourth-order valence-electron chi connectivity index (χ4n) is 2.74. The van der Waals surface area contributed by atoms with Crippen LogP contribution in [0.4, 0.5) is 13.2 Å². The molecular formula is C17H18ClF3N4OS. The van der Waals surface area contributed by atoms with E-state index in [0.29, 0.717) is 16.0 Å². The van der Waals surface area contributed by atoms with Gasteiger partial charge in [0.25, 0.3) is 0 Å². The lowest BCUT2D eigenvalue weighted by molar-refractivity contribution is -0.164. The average Bonchev–Trinajstić information content (AvgIpc) is 3.35. The molecule has 1 amide bonds. The third kappa shape index (κ3) is 5.62. The van der Waals surface area contributed by atoms with E-state index in [0.717, 1.165) is 35.1 Å². The number of carbonyl (C=O) groups excluding carboxylic acids is 1. The summed E-state index contributed by atoms with van der Waals surface area (Å²) < 4.78 is 38.6. The summed E-state index contributed by atoms with van der Waals surface area (Å²) in [6.45, 7) is 0.450. The fourth-order valence-corrected chi connectivity index (χ4v) is 3.55. The van der Waals surface area contributed by atoms with Crippen molar-refractivity contribution in [2.45, 2.75) is 37.1 Å². The second kappa shape index (κ2) is 8.10. The lowest BCUT2D eigenvalue weighted by Gasteiger charge is -2.30. The third-order valence-electron chi connectivity index (χ3n) is 4.37. The average molecular weight is 419 g/mol. The van der Waals surface area contributed by atoms with Crippen molar-refractivity contribution in [3.63, 3.8) is 0 Å². The molecule has 0 bridgehead atoms. The Morgan fingerprint density at radius 2 is 2.04 bits per heavy atom. The number of nitrogens with zero attached hydrogens (tertiary/aromatic N) is 3. The van der Waals surface area contributed by atoms with Gasteiger partial charge in [0.1, 0.15) is 6.54 Å².